The number of aliphatic carboxylic acids is 1. The van der Waals surface area contributed by atoms with Crippen molar-refractivity contribution in [2.45, 2.75) is 96.8 Å². The van der Waals surface area contributed by atoms with Crippen molar-refractivity contribution >= 4 is 30.4 Å². The van der Waals surface area contributed by atoms with Crippen LogP contribution in [-0.2, 0) is 4.79 Å². The maximum atomic E-state index is 10.3. The first kappa shape index (κ1) is 23.3. The Morgan fingerprint density at radius 2 is 1.19 bits per heavy atom. The number of carboxylic acids is 1. The van der Waals surface area contributed by atoms with Crippen LogP contribution in [-0.4, -0.2) is 35.5 Å². The van der Waals surface area contributed by atoms with Crippen LogP contribution in [0.4, 0.5) is 0 Å². The SMILES string of the molecule is CCCCCCCC/C=C\CCCCCCCC(=O)O.[SbH3]. The van der Waals surface area contributed by atoms with Gasteiger partial charge in [-0.05, 0) is 32.1 Å². The molecule has 126 valence electrons. The minimum atomic E-state index is -0.664. The number of hydrogen-bond donors (Lipinski definition) is 1. The molecule has 0 rings (SSSR count). The molecule has 0 aliphatic heterocycles. The van der Waals surface area contributed by atoms with E-state index in [-0.39, 0.29) is 24.4 Å². The molecule has 0 heterocycles. The van der Waals surface area contributed by atoms with Gasteiger partial charge in [0.2, 0.25) is 0 Å². The average Bonchev–Trinajstić information content (AvgIpc) is 2.43. The van der Waals surface area contributed by atoms with Crippen LogP contribution in [0.1, 0.15) is 96.8 Å². The Balaban J connectivity index is 0. The Hall–Kier alpha value is 0.0282. The van der Waals surface area contributed by atoms with Crippen LogP contribution in [0.15, 0.2) is 12.2 Å². The minimum absolute atomic E-state index is 0. The van der Waals surface area contributed by atoms with Gasteiger partial charge in [0.1, 0.15) is 0 Å². The van der Waals surface area contributed by atoms with Crippen molar-refractivity contribution in [1.29, 1.82) is 0 Å². The normalized spacial score (nSPS) is 10.7. The van der Waals surface area contributed by atoms with Crippen LogP contribution in [0.3, 0.4) is 0 Å². The van der Waals surface area contributed by atoms with Gasteiger partial charge in [-0.3, -0.25) is 4.79 Å². The molecule has 0 amide bonds. The van der Waals surface area contributed by atoms with Crippen molar-refractivity contribution in [2.24, 2.45) is 0 Å². The number of allylic oxidation sites excluding steroid dienone is 2. The van der Waals surface area contributed by atoms with Gasteiger partial charge < -0.3 is 5.11 Å². The molecule has 0 spiro atoms. The summed E-state index contributed by atoms with van der Waals surface area (Å²) in [6.45, 7) is 2.26. The predicted octanol–water partition coefficient (Wildman–Crippen LogP) is 4.92. The quantitative estimate of drug-likeness (QED) is 0.238. The second-order valence-corrected chi connectivity index (χ2v) is 5.73. The molecule has 2 nitrogen and oxygen atoms in total. The summed E-state index contributed by atoms with van der Waals surface area (Å²) in [5.41, 5.74) is 0. The molecule has 0 aliphatic rings. The predicted molar refractivity (Wildman–Crippen MR) is 97.0 cm³/mol. The molecule has 3 heteroatoms. The van der Waals surface area contributed by atoms with Crippen molar-refractivity contribution < 1.29 is 9.90 Å². The molecule has 0 atom stereocenters. The van der Waals surface area contributed by atoms with E-state index >= 15 is 0 Å². The average molecular weight is 407 g/mol. The Morgan fingerprint density at radius 1 is 0.762 bits per heavy atom. The van der Waals surface area contributed by atoms with Crippen molar-refractivity contribution in [3.05, 3.63) is 12.2 Å². The molecule has 0 aromatic carbocycles. The molecular formula is C18H37O2Sb. The summed E-state index contributed by atoms with van der Waals surface area (Å²) in [4.78, 5) is 10.3. The fraction of sp³-hybridized carbons (Fsp3) is 0.833. The van der Waals surface area contributed by atoms with Gasteiger partial charge in [-0.1, -0.05) is 70.4 Å². The molecule has 0 radical (unpaired) electrons. The molecule has 0 saturated carbocycles. The Morgan fingerprint density at radius 3 is 1.67 bits per heavy atom. The van der Waals surface area contributed by atoms with E-state index in [1.165, 1.54) is 70.6 Å². The van der Waals surface area contributed by atoms with E-state index in [2.05, 4.69) is 19.1 Å². The summed E-state index contributed by atoms with van der Waals surface area (Å²) < 4.78 is 0. The summed E-state index contributed by atoms with van der Waals surface area (Å²) in [6.07, 6.45) is 21.2. The first-order chi connectivity index (χ1) is 9.77. The van der Waals surface area contributed by atoms with E-state index in [1.807, 2.05) is 0 Å². The fourth-order valence-electron chi connectivity index (χ4n) is 2.35. The van der Waals surface area contributed by atoms with Gasteiger partial charge in [-0.25, -0.2) is 0 Å². The third-order valence-electron chi connectivity index (χ3n) is 3.65. The van der Waals surface area contributed by atoms with Gasteiger partial charge in [-0.2, -0.15) is 0 Å². The van der Waals surface area contributed by atoms with Gasteiger partial charge in [0, 0.05) is 6.42 Å². The molecule has 0 saturated heterocycles. The molecule has 0 bridgehead atoms. The van der Waals surface area contributed by atoms with Gasteiger partial charge in [0.25, 0.3) is 0 Å². The third kappa shape index (κ3) is 22.4. The number of rotatable bonds is 15. The van der Waals surface area contributed by atoms with Crippen molar-refractivity contribution in [1.82, 2.24) is 0 Å². The molecule has 0 aliphatic carbocycles. The fourth-order valence-corrected chi connectivity index (χ4v) is 2.35. The first-order valence-electron chi connectivity index (χ1n) is 8.64. The second kappa shape index (κ2) is 20.0. The Kier molecular flexibility index (Phi) is 22.2. The molecule has 1 N–H and O–H groups in total. The zero-order valence-corrected chi connectivity index (χ0v) is 18.2. The van der Waals surface area contributed by atoms with Crippen LogP contribution in [0.25, 0.3) is 0 Å². The number of carbonyl (C=O) groups is 1. The second-order valence-electron chi connectivity index (χ2n) is 5.73. The summed E-state index contributed by atoms with van der Waals surface area (Å²) >= 11 is 0. The van der Waals surface area contributed by atoms with Gasteiger partial charge >= 0.3 is 30.4 Å². The standard InChI is InChI=1S/C18H34O2.Sb.3H/c1-2-3-4-5-6-7-8-9-10-11-12-13-14-15-16-17-18(19)20;;;;/h9-10H,2-8,11-17H2,1H3,(H,19,20);;;;/b10-9-;;;;. The van der Waals surface area contributed by atoms with Crippen molar-refractivity contribution in [3.63, 3.8) is 0 Å². The molecular weight excluding hydrogens is 370 g/mol. The Bertz CT molecular complexity index is 239. The van der Waals surface area contributed by atoms with Gasteiger partial charge in [-0.15, -0.1) is 0 Å². The number of carboxylic acid groups (broad SMARTS) is 1. The van der Waals surface area contributed by atoms with Gasteiger partial charge in [0.05, 0.1) is 0 Å². The zero-order chi connectivity index (χ0) is 14.9. The first-order valence-corrected chi connectivity index (χ1v) is 8.64. The van der Waals surface area contributed by atoms with E-state index in [0.29, 0.717) is 6.42 Å². The maximum absolute atomic E-state index is 10.3. The molecule has 0 aromatic rings. The topological polar surface area (TPSA) is 37.3 Å². The van der Waals surface area contributed by atoms with E-state index in [1.54, 1.807) is 0 Å². The van der Waals surface area contributed by atoms with Crippen molar-refractivity contribution in [2.75, 3.05) is 0 Å². The van der Waals surface area contributed by atoms with Crippen molar-refractivity contribution in [3.8, 4) is 0 Å². The van der Waals surface area contributed by atoms with E-state index < -0.39 is 5.97 Å². The summed E-state index contributed by atoms with van der Waals surface area (Å²) in [5.74, 6) is -0.664. The summed E-state index contributed by atoms with van der Waals surface area (Å²) in [7, 11) is 0. The Labute approximate surface area is 149 Å². The number of unbranched alkanes of at least 4 members (excludes halogenated alkanes) is 11. The summed E-state index contributed by atoms with van der Waals surface area (Å²) in [6, 6.07) is 0. The molecule has 0 aromatic heterocycles. The molecule has 21 heavy (non-hydrogen) atoms. The third-order valence-corrected chi connectivity index (χ3v) is 3.65. The van der Waals surface area contributed by atoms with Crippen LogP contribution in [0.5, 0.6) is 0 Å². The van der Waals surface area contributed by atoms with E-state index in [9.17, 15) is 4.79 Å². The zero-order valence-electron chi connectivity index (χ0n) is 14.1. The van der Waals surface area contributed by atoms with Crippen LogP contribution in [0, 0.1) is 0 Å². The van der Waals surface area contributed by atoms with E-state index in [4.69, 9.17) is 5.11 Å². The van der Waals surface area contributed by atoms with Gasteiger partial charge in [0.15, 0.2) is 0 Å². The summed E-state index contributed by atoms with van der Waals surface area (Å²) in [5, 5.41) is 8.51. The van der Waals surface area contributed by atoms with Crippen LogP contribution in [0.2, 0.25) is 0 Å². The monoisotopic (exact) mass is 406 g/mol. The van der Waals surface area contributed by atoms with Crippen LogP contribution < -0.4 is 0 Å². The molecule has 0 unspecified atom stereocenters. The van der Waals surface area contributed by atoms with E-state index in [0.717, 1.165) is 12.8 Å². The molecule has 0 fully saturated rings. The number of hydrogen-bond acceptors (Lipinski definition) is 1. The van der Waals surface area contributed by atoms with Crippen LogP contribution >= 0.6 is 0 Å².